The monoisotopic (exact) mass is 212 g/mol. The summed E-state index contributed by atoms with van der Waals surface area (Å²) in [5.41, 5.74) is -0.735. The minimum atomic E-state index is -0.735. The maximum Gasteiger partial charge on any atom is 0.259 e. The highest BCUT2D eigenvalue weighted by molar-refractivity contribution is 5.01. The Hall–Kier alpha value is -0.720. The van der Waals surface area contributed by atoms with Gasteiger partial charge in [0.25, 0.3) is 5.54 Å². The molecule has 0 spiro atoms. The number of hydrogen-bond acceptors (Lipinski definition) is 5. The first-order chi connectivity index (χ1) is 7.09. The van der Waals surface area contributed by atoms with Crippen molar-refractivity contribution in [3.05, 3.63) is 10.1 Å². The molecule has 4 rings (SSSR count). The summed E-state index contributed by atoms with van der Waals surface area (Å²) in [5.74, 6) is 0. The minimum absolute atomic E-state index is 0.0592. The van der Waals surface area contributed by atoms with E-state index in [1.165, 1.54) is 0 Å². The van der Waals surface area contributed by atoms with Crippen molar-refractivity contribution < 1.29 is 4.92 Å². The summed E-state index contributed by atoms with van der Waals surface area (Å²) >= 11 is 0. The predicted molar refractivity (Wildman–Crippen MR) is 53.9 cm³/mol. The molecule has 5 atom stereocenters. The topological polar surface area (TPSA) is 52.9 Å². The molecule has 84 valence electrons. The summed E-state index contributed by atoms with van der Waals surface area (Å²) in [6, 6.07) is 0.442. The van der Waals surface area contributed by atoms with E-state index in [0.29, 0.717) is 25.7 Å². The average Bonchev–Trinajstić information content (AvgIpc) is 2.30. The van der Waals surface area contributed by atoms with E-state index in [0.717, 1.165) is 19.9 Å². The Morgan fingerprint density at radius 2 is 2.00 bits per heavy atom. The van der Waals surface area contributed by atoms with E-state index in [2.05, 4.69) is 21.6 Å². The molecule has 0 saturated carbocycles. The van der Waals surface area contributed by atoms with Crippen LogP contribution in [0.15, 0.2) is 0 Å². The first-order valence-electron chi connectivity index (χ1n) is 5.42. The van der Waals surface area contributed by atoms with Crippen LogP contribution in [0.1, 0.15) is 6.92 Å². The van der Waals surface area contributed by atoms with Crippen LogP contribution in [0.4, 0.5) is 0 Å². The average molecular weight is 212 g/mol. The highest BCUT2D eigenvalue weighted by atomic mass is 16.6. The van der Waals surface area contributed by atoms with Crippen LogP contribution in [0, 0.1) is 10.1 Å². The van der Waals surface area contributed by atoms with Gasteiger partial charge in [-0.05, 0) is 6.92 Å². The third kappa shape index (κ3) is 1.28. The van der Waals surface area contributed by atoms with E-state index in [1.54, 1.807) is 0 Å². The van der Waals surface area contributed by atoms with Gasteiger partial charge in [-0.2, -0.15) is 0 Å². The first kappa shape index (κ1) is 9.50. The van der Waals surface area contributed by atoms with E-state index in [1.807, 2.05) is 0 Å². The highest BCUT2D eigenvalue weighted by Crippen LogP contribution is 2.30. The molecular formula is C9H16N4O2. The van der Waals surface area contributed by atoms with Gasteiger partial charge in [0.1, 0.15) is 0 Å². The Morgan fingerprint density at radius 1 is 1.27 bits per heavy atom. The lowest BCUT2D eigenvalue weighted by molar-refractivity contribution is -0.579. The Bertz CT molecular complexity index is 310. The van der Waals surface area contributed by atoms with Crippen molar-refractivity contribution in [2.24, 2.45) is 0 Å². The number of nitro groups is 1. The van der Waals surface area contributed by atoms with E-state index < -0.39 is 5.54 Å². The van der Waals surface area contributed by atoms with Crippen molar-refractivity contribution in [1.82, 2.24) is 14.7 Å². The van der Waals surface area contributed by atoms with E-state index in [-0.39, 0.29) is 4.92 Å². The Morgan fingerprint density at radius 3 is 2.73 bits per heavy atom. The highest BCUT2D eigenvalue weighted by Gasteiger charge is 2.56. The first-order valence-corrected chi connectivity index (χ1v) is 5.42. The summed E-state index contributed by atoms with van der Waals surface area (Å²) in [6.45, 7) is 6.79. The second kappa shape index (κ2) is 2.90. The van der Waals surface area contributed by atoms with Gasteiger partial charge in [-0.25, -0.2) is 0 Å². The molecular weight excluding hydrogens is 196 g/mol. The lowest BCUT2D eigenvalue weighted by atomic mass is 9.95. The lowest BCUT2D eigenvalue weighted by Gasteiger charge is -2.46. The van der Waals surface area contributed by atoms with Crippen LogP contribution in [0.2, 0.25) is 0 Å². The third-order valence-electron chi connectivity index (χ3n) is 3.85. The van der Waals surface area contributed by atoms with Gasteiger partial charge in [0.15, 0.2) is 0 Å². The van der Waals surface area contributed by atoms with Gasteiger partial charge >= 0.3 is 0 Å². The Kier molecular flexibility index (Phi) is 1.84. The van der Waals surface area contributed by atoms with Gasteiger partial charge in [-0.1, -0.05) is 0 Å². The second-order valence-electron chi connectivity index (χ2n) is 5.20. The van der Waals surface area contributed by atoms with Crippen LogP contribution < -0.4 is 0 Å². The summed E-state index contributed by atoms with van der Waals surface area (Å²) in [5, 5.41) is 11.2. The summed E-state index contributed by atoms with van der Waals surface area (Å²) < 4.78 is 0. The fraction of sp³-hybridized carbons (Fsp3) is 1.00. The molecule has 4 bridgehead atoms. The number of fused-ring (bicyclic) bond motifs is 1. The van der Waals surface area contributed by atoms with Crippen molar-refractivity contribution in [3.63, 3.8) is 0 Å². The molecule has 0 N–H and O–H groups in total. The quantitative estimate of drug-likeness (QED) is 0.423. The lowest BCUT2D eigenvalue weighted by Crippen LogP contribution is -2.69. The SMILES string of the molecule is C[C@@H]1CN2CN3CN1C[C@@]([N+](=O)[O-])(C2)C3. The molecule has 6 nitrogen and oxygen atoms in total. The Labute approximate surface area is 88.6 Å². The summed E-state index contributed by atoms with van der Waals surface area (Å²) in [7, 11) is 0. The van der Waals surface area contributed by atoms with Gasteiger partial charge < -0.3 is 0 Å². The normalized spacial score (nSPS) is 52.9. The molecule has 0 aromatic heterocycles. The zero-order chi connectivity index (χ0) is 10.6. The standard InChI is InChI=1S/C9H16N4O2/c1-8-2-10-3-9(13(14)15)4-11(6-10)7-12(8)5-9/h8H,2-7H2,1H3/t8-,9-/m1/s1. The predicted octanol–water partition coefficient (Wildman–Crippen LogP) is -0.748. The zero-order valence-electron chi connectivity index (χ0n) is 8.93. The van der Waals surface area contributed by atoms with Crippen molar-refractivity contribution in [1.29, 1.82) is 0 Å². The van der Waals surface area contributed by atoms with Gasteiger partial charge in [0.2, 0.25) is 0 Å². The van der Waals surface area contributed by atoms with Crippen molar-refractivity contribution >= 4 is 0 Å². The molecule has 15 heavy (non-hydrogen) atoms. The fourth-order valence-electron chi connectivity index (χ4n) is 3.22. The molecule has 4 heterocycles. The molecule has 0 aliphatic carbocycles. The van der Waals surface area contributed by atoms with Crippen LogP contribution in [-0.4, -0.2) is 70.7 Å². The second-order valence-corrected chi connectivity index (χ2v) is 5.20. The zero-order valence-corrected chi connectivity index (χ0v) is 8.93. The van der Waals surface area contributed by atoms with Crippen LogP contribution in [-0.2, 0) is 0 Å². The van der Waals surface area contributed by atoms with Gasteiger partial charge in [0.05, 0.1) is 33.0 Å². The largest absolute Gasteiger partial charge is 0.282 e. The molecule has 6 heteroatoms. The molecule has 0 radical (unpaired) electrons. The number of rotatable bonds is 1. The number of hydrogen-bond donors (Lipinski definition) is 0. The molecule has 4 fully saturated rings. The molecule has 0 aromatic carbocycles. The maximum atomic E-state index is 11.2. The van der Waals surface area contributed by atoms with Crippen LogP contribution in [0.3, 0.4) is 0 Å². The molecule has 0 amide bonds. The maximum absolute atomic E-state index is 11.2. The molecule has 4 saturated heterocycles. The summed E-state index contributed by atoms with van der Waals surface area (Å²) in [4.78, 5) is 17.8. The van der Waals surface area contributed by atoms with E-state index >= 15 is 0 Å². The van der Waals surface area contributed by atoms with Crippen molar-refractivity contribution in [2.45, 2.75) is 18.5 Å². The van der Waals surface area contributed by atoms with Crippen LogP contribution in [0.25, 0.3) is 0 Å². The van der Waals surface area contributed by atoms with Gasteiger partial charge in [0, 0.05) is 17.5 Å². The minimum Gasteiger partial charge on any atom is -0.282 e. The number of nitrogens with zero attached hydrogens (tertiary/aromatic N) is 4. The van der Waals surface area contributed by atoms with Crippen LogP contribution in [0.5, 0.6) is 0 Å². The molecule has 0 aromatic rings. The van der Waals surface area contributed by atoms with Crippen molar-refractivity contribution in [2.75, 3.05) is 39.5 Å². The smallest absolute Gasteiger partial charge is 0.259 e. The van der Waals surface area contributed by atoms with Crippen LogP contribution >= 0.6 is 0 Å². The van der Waals surface area contributed by atoms with E-state index in [9.17, 15) is 10.1 Å². The fourth-order valence-corrected chi connectivity index (χ4v) is 3.22. The Balaban J connectivity index is 1.98. The van der Waals surface area contributed by atoms with E-state index in [4.69, 9.17) is 0 Å². The molecule has 4 aliphatic rings. The van der Waals surface area contributed by atoms with Crippen molar-refractivity contribution in [3.8, 4) is 0 Å². The summed E-state index contributed by atoms with van der Waals surface area (Å²) in [6.07, 6.45) is 0. The van der Waals surface area contributed by atoms with Gasteiger partial charge in [-0.3, -0.25) is 24.8 Å². The molecule has 3 unspecified atom stereocenters. The van der Waals surface area contributed by atoms with Gasteiger partial charge in [-0.15, -0.1) is 0 Å². The third-order valence-corrected chi connectivity index (χ3v) is 3.85. The molecule has 4 aliphatic heterocycles.